The van der Waals surface area contributed by atoms with E-state index in [-0.39, 0.29) is 30.7 Å². The largest absolute Gasteiger partial charge is 0.360 e. The number of nitrogens with two attached hydrogens (primary N) is 1. The minimum Gasteiger partial charge on any atom is -0.360 e. The monoisotopic (exact) mass is 338 g/mol. The topological polar surface area (TPSA) is 75.6 Å². The fourth-order valence-corrected chi connectivity index (χ4v) is 2.23. The molecule has 0 bridgehead atoms. The molecule has 0 radical (unpaired) electrons. The van der Waals surface area contributed by atoms with E-state index >= 15 is 0 Å². The standard InChI is InChI=1S/C13H22N4O2.2ClH/c1-10-8-11(19-15-10)9-16-4-6-17(7-5-16)12(18)13(2,3)14;;/h8H,4-7,9,14H2,1-3H3;2*1H. The highest BCUT2D eigenvalue weighted by atomic mass is 35.5. The first-order chi connectivity index (χ1) is 8.86. The first-order valence-corrected chi connectivity index (χ1v) is 6.59. The fourth-order valence-electron chi connectivity index (χ4n) is 2.23. The van der Waals surface area contributed by atoms with Crippen LogP contribution in [0.15, 0.2) is 10.6 Å². The molecule has 1 aliphatic rings. The van der Waals surface area contributed by atoms with Crippen molar-refractivity contribution >= 4 is 30.7 Å². The number of rotatable bonds is 3. The quantitative estimate of drug-likeness (QED) is 0.896. The predicted octanol–water partition coefficient (Wildman–Crippen LogP) is 1.21. The van der Waals surface area contributed by atoms with Gasteiger partial charge in [0.1, 0.15) is 0 Å². The third-order valence-corrected chi connectivity index (χ3v) is 3.27. The molecule has 1 saturated heterocycles. The Morgan fingerprint density at radius 3 is 2.33 bits per heavy atom. The molecular weight excluding hydrogens is 315 g/mol. The van der Waals surface area contributed by atoms with Crippen LogP contribution in [0.1, 0.15) is 25.3 Å². The molecule has 1 aromatic heterocycles. The lowest BCUT2D eigenvalue weighted by Crippen LogP contribution is -2.56. The molecule has 1 aliphatic heterocycles. The van der Waals surface area contributed by atoms with Crippen molar-refractivity contribution in [1.82, 2.24) is 15.0 Å². The van der Waals surface area contributed by atoms with Crippen LogP contribution in [-0.4, -0.2) is 52.6 Å². The number of halogens is 2. The molecule has 1 fully saturated rings. The zero-order chi connectivity index (χ0) is 14.0. The summed E-state index contributed by atoms with van der Waals surface area (Å²) in [7, 11) is 0. The Hall–Kier alpha value is -0.820. The van der Waals surface area contributed by atoms with Gasteiger partial charge in [0.2, 0.25) is 5.91 Å². The molecule has 0 aliphatic carbocycles. The lowest BCUT2D eigenvalue weighted by molar-refractivity contribution is -0.137. The summed E-state index contributed by atoms with van der Waals surface area (Å²) in [5, 5.41) is 3.87. The molecule has 2 N–H and O–H groups in total. The predicted molar refractivity (Wildman–Crippen MR) is 85.9 cm³/mol. The Bertz CT molecular complexity index is 451. The molecule has 2 rings (SSSR count). The second-order valence-electron chi connectivity index (χ2n) is 5.72. The highest BCUT2D eigenvalue weighted by Crippen LogP contribution is 2.12. The molecule has 0 spiro atoms. The van der Waals surface area contributed by atoms with E-state index in [1.54, 1.807) is 13.8 Å². The second kappa shape index (κ2) is 7.98. The van der Waals surface area contributed by atoms with Crippen molar-refractivity contribution in [1.29, 1.82) is 0 Å². The number of carbonyl (C=O) groups is 1. The van der Waals surface area contributed by atoms with Crippen LogP contribution in [0.5, 0.6) is 0 Å². The van der Waals surface area contributed by atoms with Crippen LogP contribution in [0.25, 0.3) is 0 Å². The Kier molecular flexibility index (Phi) is 7.67. The van der Waals surface area contributed by atoms with Crippen molar-refractivity contribution in [3.63, 3.8) is 0 Å². The van der Waals surface area contributed by atoms with E-state index in [1.807, 2.05) is 17.9 Å². The first-order valence-electron chi connectivity index (χ1n) is 6.59. The third kappa shape index (κ3) is 5.47. The van der Waals surface area contributed by atoms with Gasteiger partial charge in [-0.05, 0) is 20.8 Å². The normalized spacial score (nSPS) is 16.1. The van der Waals surface area contributed by atoms with E-state index in [2.05, 4.69) is 10.1 Å². The summed E-state index contributed by atoms with van der Waals surface area (Å²) in [5.41, 5.74) is 5.95. The summed E-state index contributed by atoms with van der Waals surface area (Å²) in [6.07, 6.45) is 0. The van der Waals surface area contributed by atoms with Gasteiger partial charge in [-0.3, -0.25) is 9.69 Å². The molecule has 0 unspecified atom stereocenters. The zero-order valence-corrected chi connectivity index (χ0v) is 14.3. The summed E-state index contributed by atoms with van der Waals surface area (Å²) in [5.74, 6) is 0.888. The van der Waals surface area contributed by atoms with E-state index in [9.17, 15) is 4.79 Å². The van der Waals surface area contributed by atoms with E-state index < -0.39 is 5.54 Å². The minimum absolute atomic E-state index is 0. The highest BCUT2D eigenvalue weighted by Gasteiger charge is 2.30. The van der Waals surface area contributed by atoms with Gasteiger partial charge in [0, 0.05) is 32.2 Å². The van der Waals surface area contributed by atoms with Crippen LogP contribution >= 0.6 is 24.8 Å². The minimum atomic E-state index is -0.787. The van der Waals surface area contributed by atoms with Gasteiger partial charge in [-0.15, -0.1) is 24.8 Å². The van der Waals surface area contributed by atoms with E-state index in [0.29, 0.717) is 13.1 Å². The average molecular weight is 339 g/mol. The van der Waals surface area contributed by atoms with Crippen molar-refractivity contribution in [2.45, 2.75) is 32.9 Å². The maximum absolute atomic E-state index is 12.0. The van der Waals surface area contributed by atoms with Gasteiger partial charge >= 0.3 is 0 Å². The average Bonchev–Trinajstić information content (AvgIpc) is 2.74. The van der Waals surface area contributed by atoms with Crippen molar-refractivity contribution < 1.29 is 9.32 Å². The first kappa shape index (κ1) is 20.2. The van der Waals surface area contributed by atoms with Gasteiger partial charge < -0.3 is 15.2 Å². The van der Waals surface area contributed by atoms with E-state index in [1.165, 1.54) is 0 Å². The van der Waals surface area contributed by atoms with E-state index in [0.717, 1.165) is 31.1 Å². The highest BCUT2D eigenvalue weighted by molar-refractivity contribution is 5.86. The van der Waals surface area contributed by atoms with Gasteiger partial charge in [-0.1, -0.05) is 5.16 Å². The molecule has 6 nitrogen and oxygen atoms in total. The van der Waals surface area contributed by atoms with Crippen LogP contribution < -0.4 is 5.73 Å². The Morgan fingerprint density at radius 1 is 1.33 bits per heavy atom. The third-order valence-electron chi connectivity index (χ3n) is 3.27. The molecule has 0 aromatic carbocycles. The Balaban J connectivity index is 0.00000200. The van der Waals surface area contributed by atoms with Crippen LogP contribution in [0.3, 0.4) is 0 Å². The molecule has 2 heterocycles. The summed E-state index contributed by atoms with van der Waals surface area (Å²) < 4.78 is 5.20. The fraction of sp³-hybridized carbons (Fsp3) is 0.692. The van der Waals surface area contributed by atoms with Gasteiger partial charge in [0.15, 0.2) is 5.76 Å². The number of hydrogen-bond donors (Lipinski definition) is 1. The summed E-state index contributed by atoms with van der Waals surface area (Å²) >= 11 is 0. The van der Waals surface area contributed by atoms with Gasteiger partial charge in [0.25, 0.3) is 0 Å². The molecule has 122 valence electrons. The summed E-state index contributed by atoms with van der Waals surface area (Å²) in [4.78, 5) is 16.1. The second-order valence-corrected chi connectivity index (χ2v) is 5.72. The van der Waals surface area contributed by atoms with Crippen molar-refractivity contribution in [3.8, 4) is 0 Å². The molecule has 0 atom stereocenters. The molecule has 1 amide bonds. The van der Waals surface area contributed by atoms with Crippen LogP contribution in [0.2, 0.25) is 0 Å². The van der Waals surface area contributed by atoms with Crippen LogP contribution in [-0.2, 0) is 11.3 Å². The van der Waals surface area contributed by atoms with Crippen LogP contribution in [0.4, 0.5) is 0 Å². The molecular formula is C13H24Cl2N4O2. The van der Waals surface area contributed by atoms with Gasteiger partial charge in [0.05, 0.1) is 17.8 Å². The number of nitrogens with zero attached hydrogens (tertiary/aromatic N) is 3. The lowest BCUT2D eigenvalue weighted by atomic mass is 10.0. The number of piperazine rings is 1. The maximum Gasteiger partial charge on any atom is 0.242 e. The van der Waals surface area contributed by atoms with Crippen molar-refractivity contribution in [3.05, 3.63) is 17.5 Å². The number of carbonyl (C=O) groups excluding carboxylic acids is 1. The molecule has 1 aromatic rings. The van der Waals surface area contributed by atoms with Crippen molar-refractivity contribution in [2.75, 3.05) is 26.2 Å². The summed E-state index contributed by atoms with van der Waals surface area (Å²) in [6, 6.07) is 1.94. The molecule has 8 heteroatoms. The molecule has 0 saturated carbocycles. The SMILES string of the molecule is Cc1cc(CN2CCN(C(=O)C(C)(C)N)CC2)on1.Cl.Cl. The van der Waals surface area contributed by atoms with Crippen molar-refractivity contribution in [2.24, 2.45) is 5.73 Å². The smallest absolute Gasteiger partial charge is 0.242 e. The molecule has 21 heavy (non-hydrogen) atoms. The number of amides is 1. The Morgan fingerprint density at radius 2 is 1.90 bits per heavy atom. The maximum atomic E-state index is 12.0. The van der Waals surface area contributed by atoms with Gasteiger partial charge in [-0.25, -0.2) is 0 Å². The van der Waals surface area contributed by atoms with Gasteiger partial charge in [-0.2, -0.15) is 0 Å². The number of aryl methyl sites for hydroxylation is 1. The number of aromatic nitrogens is 1. The van der Waals surface area contributed by atoms with Crippen LogP contribution in [0, 0.1) is 6.92 Å². The Labute approximate surface area is 137 Å². The zero-order valence-electron chi connectivity index (χ0n) is 12.7. The summed E-state index contributed by atoms with van der Waals surface area (Å²) in [6.45, 7) is 9.25. The lowest BCUT2D eigenvalue weighted by Gasteiger charge is -2.37. The number of hydrogen-bond acceptors (Lipinski definition) is 5. The van der Waals surface area contributed by atoms with E-state index in [4.69, 9.17) is 10.3 Å².